The smallest absolute Gasteiger partial charge is 0.125 e. The van der Waals surface area contributed by atoms with E-state index in [1.54, 1.807) is 0 Å². The highest BCUT2D eigenvalue weighted by Crippen LogP contribution is 2.18. The zero-order chi connectivity index (χ0) is 9.26. The SMILES string of the molecule is Nc1ccccc1CN1CC(F)C1. The van der Waals surface area contributed by atoms with E-state index in [0.717, 1.165) is 17.8 Å². The van der Waals surface area contributed by atoms with Gasteiger partial charge in [0, 0.05) is 25.3 Å². The first-order chi connectivity index (χ1) is 6.25. The Morgan fingerprint density at radius 2 is 2.08 bits per heavy atom. The van der Waals surface area contributed by atoms with E-state index in [0.29, 0.717) is 13.1 Å². The van der Waals surface area contributed by atoms with E-state index in [4.69, 9.17) is 5.73 Å². The molecule has 0 amide bonds. The molecule has 1 aliphatic rings. The Balaban J connectivity index is 1.98. The van der Waals surface area contributed by atoms with Crippen molar-refractivity contribution in [2.75, 3.05) is 18.8 Å². The van der Waals surface area contributed by atoms with Crippen LogP contribution in [-0.2, 0) is 6.54 Å². The van der Waals surface area contributed by atoms with Crippen LogP contribution < -0.4 is 5.73 Å². The molecule has 2 N–H and O–H groups in total. The normalized spacial score (nSPS) is 18.5. The van der Waals surface area contributed by atoms with Crippen LogP contribution in [0, 0.1) is 0 Å². The molecule has 3 heteroatoms. The second kappa shape index (κ2) is 3.34. The maximum atomic E-state index is 12.5. The van der Waals surface area contributed by atoms with Gasteiger partial charge < -0.3 is 5.73 Å². The van der Waals surface area contributed by atoms with Crippen LogP contribution in [0.25, 0.3) is 0 Å². The minimum absolute atomic E-state index is 0.550. The van der Waals surface area contributed by atoms with Crippen LogP contribution in [0.3, 0.4) is 0 Å². The highest BCUT2D eigenvalue weighted by Gasteiger charge is 2.25. The van der Waals surface area contributed by atoms with Crippen molar-refractivity contribution >= 4 is 5.69 Å². The summed E-state index contributed by atoms with van der Waals surface area (Å²) in [4.78, 5) is 2.05. The van der Waals surface area contributed by atoms with Gasteiger partial charge in [-0.15, -0.1) is 0 Å². The average Bonchev–Trinajstić information content (AvgIpc) is 2.06. The summed E-state index contributed by atoms with van der Waals surface area (Å²) in [6, 6.07) is 7.73. The Morgan fingerprint density at radius 1 is 1.38 bits per heavy atom. The fourth-order valence-corrected chi connectivity index (χ4v) is 1.56. The number of nitrogens with two attached hydrogens (primary N) is 1. The molecule has 2 nitrogen and oxygen atoms in total. The first-order valence-corrected chi connectivity index (χ1v) is 4.45. The van der Waals surface area contributed by atoms with Gasteiger partial charge in [0.2, 0.25) is 0 Å². The van der Waals surface area contributed by atoms with Crippen molar-refractivity contribution in [1.29, 1.82) is 0 Å². The van der Waals surface area contributed by atoms with Crippen molar-refractivity contribution < 1.29 is 4.39 Å². The van der Waals surface area contributed by atoms with Crippen molar-refractivity contribution in [3.8, 4) is 0 Å². The molecular formula is C10H13FN2. The summed E-state index contributed by atoms with van der Waals surface area (Å²) >= 11 is 0. The number of para-hydroxylation sites is 1. The minimum Gasteiger partial charge on any atom is -0.398 e. The van der Waals surface area contributed by atoms with Crippen LogP contribution in [0.1, 0.15) is 5.56 Å². The van der Waals surface area contributed by atoms with Gasteiger partial charge in [0.05, 0.1) is 0 Å². The zero-order valence-corrected chi connectivity index (χ0v) is 7.41. The monoisotopic (exact) mass is 180 g/mol. The van der Waals surface area contributed by atoms with Gasteiger partial charge in [0.25, 0.3) is 0 Å². The Morgan fingerprint density at radius 3 is 2.69 bits per heavy atom. The van der Waals surface area contributed by atoms with Gasteiger partial charge in [0.15, 0.2) is 0 Å². The highest BCUT2D eigenvalue weighted by molar-refractivity contribution is 5.46. The first-order valence-electron chi connectivity index (χ1n) is 4.45. The van der Waals surface area contributed by atoms with Gasteiger partial charge in [-0.2, -0.15) is 0 Å². The van der Waals surface area contributed by atoms with Crippen LogP contribution in [-0.4, -0.2) is 24.2 Å². The summed E-state index contributed by atoms with van der Waals surface area (Å²) in [5, 5.41) is 0. The quantitative estimate of drug-likeness (QED) is 0.697. The number of likely N-dealkylation sites (tertiary alicyclic amines) is 1. The topological polar surface area (TPSA) is 29.3 Å². The summed E-state index contributed by atoms with van der Waals surface area (Å²) < 4.78 is 12.5. The molecule has 2 rings (SSSR count). The van der Waals surface area contributed by atoms with E-state index in [9.17, 15) is 4.39 Å². The third-order valence-corrected chi connectivity index (χ3v) is 2.36. The molecule has 0 aliphatic carbocycles. The third-order valence-electron chi connectivity index (χ3n) is 2.36. The summed E-state index contributed by atoms with van der Waals surface area (Å²) in [5.74, 6) is 0. The van der Waals surface area contributed by atoms with Crippen LogP contribution >= 0.6 is 0 Å². The molecule has 1 fully saturated rings. The van der Waals surface area contributed by atoms with Gasteiger partial charge in [-0.3, -0.25) is 4.90 Å². The Labute approximate surface area is 77.2 Å². The molecule has 1 saturated heterocycles. The molecule has 70 valence electrons. The summed E-state index contributed by atoms with van der Waals surface area (Å²) in [6.07, 6.45) is -0.634. The number of halogens is 1. The van der Waals surface area contributed by atoms with E-state index in [-0.39, 0.29) is 0 Å². The van der Waals surface area contributed by atoms with Crippen LogP contribution in [0.4, 0.5) is 10.1 Å². The molecule has 1 heterocycles. The van der Waals surface area contributed by atoms with Crippen LogP contribution in [0.5, 0.6) is 0 Å². The molecule has 0 spiro atoms. The lowest BCUT2D eigenvalue weighted by atomic mass is 10.1. The molecule has 0 aromatic heterocycles. The molecule has 0 unspecified atom stereocenters. The van der Waals surface area contributed by atoms with Crippen molar-refractivity contribution in [3.05, 3.63) is 29.8 Å². The van der Waals surface area contributed by atoms with Crippen LogP contribution in [0.15, 0.2) is 24.3 Å². The lowest BCUT2D eigenvalue weighted by Crippen LogP contribution is -2.47. The third kappa shape index (κ3) is 1.80. The molecule has 13 heavy (non-hydrogen) atoms. The molecule has 1 aliphatic heterocycles. The Hall–Kier alpha value is -1.09. The predicted octanol–water partition coefficient (Wildman–Crippen LogP) is 1.42. The largest absolute Gasteiger partial charge is 0.398 e. The maximum absolute atomic E-state index is 12.5. The average molecular weight is 180 g/mol. The second-order valence-electron chi connectivity index (χ2n) is 3.49. The summed E-state index contributed by atoms with van der Waals surface area (Å²) in [7, 11) is 0. The molecule has 1 aromatic carbocycles. The number of nitrogens with zero attached hydrogens (tertiary/aromatic N) is 1. The summed E-state index contributed by atoms with van der Waals surface area (Å²) in [5.41, 5.74) is 7.65. The van der Waals surface area contributed by atoms with Crippen LogP contribution in [0.2, 0.25) is 0 Å². The van der Waals surface area contributed by atoms with Gasteiger partial charge in [-0.25, -0.2) is 4.39 Å². The van der Waals surface area contributed by atoms with Crippen molar-refractivity contribution in [2.24, 2.45) is 0 Å². The molecule has 0 radical (unpaired) electrons. The molecule has 0 bridgehead atoms. The maximum Gasteiger partial charge on any atom is 0.125 e. The number of anilines is 1. The number of rotatable bonds is 2. The van der Waals surface area contributed by atoms with Crippen molar-refractivity contribution in [3.63, 3.8) is 0 Å². The molecular weight excluding hydrogens is 167 g/mol. The number of hydrogen-bond acceptors (Lipinski definition) is 2. The predicted molar refractivity (Wildman–Crippen MR) is 51.0 cm³/mol. The fraction of sp³-hybridized carbons (Fsp3) is 0.400. The number of benzene rings is 1. The number of nitrogen functional groups attached to an aromatic ring is 1. The summed E-state index contributed by atoms with van der Waals surface area (Å²) in [6.45, 7) is 1.87. The van der Waals surface area contributed by atoms with E-state index < -0.39 is 6.17 Å². The van der Waals surface area contributed by atoms with E-state index in [1.165, 1.54) is 0 Å². The molecule has 0 atom stereocenters. The van der Waals surface area contributed by atoms with Gasteiger partial charge in [-0.05, 0) is 11.6 Å². The van der Waals surface area contributed by atoms with E-state index in [1.807, 2.05) is 24.3 Å². The number of alkyl halides is 1. The standard InChI is InChI=1S/C10H13FN2/c11-9-6-13(7-9)5-8-3-1-2-4-10(8)12/h1-4,9H,5-7,12H2. The van der Waals surface area contributed by atoms with Crippen molar-refractivity contribution in [2.45, 2.75) is 12.7 Å². The first kappa shape index (κ1) is 8.51. The molecule has 0 saturated carbocycles. The zero-order valence-electron chi connectivity index (χ0n) is 7.41. The molecule has 1 aromatic rings. The van der Waals surface area contributed by atoms with E-state index in [2.05, 4.69) is 4.90 Å². The lowest BCUT2D eigenvalue weighted by molar-refractivity contribution is 0.0593. The Bertz CT molecular complexity index is 295. The van der Waals surface area contributed by atoms with Crippen molar-refractivity contribution in [1.82, 2.24) is 4.90 Å². The second-order valence-corrected chi connectivity index (χ2v) is 3.49. The fourth-order valence-electron chi connectivity index (χ4n) is 1.56. The lowest BCUT2D eigenvalue weighted by Gasteiger charge is -2.34. The van der Waals surface area contributed by atoms with Gasteiger partial charge in [0.1, 0.15) is 6.17 Å². The minimum atomic E-state index is -0.634. The number of hydrogen-bond donors (Lipinski definition) is 1. The van der Waals surface area contributed by atoms with E-state index >= 15 is 0 Å². The van der Waals surface area contributed by atoms with Gasteiger partial charge in [-0.1, -0.05) is 18.2 Å². The van der Waals surface area contributed by atoms with Gasteiger partial charge >= 0.3 is 0 Å². The Kier molecular flexibility index (Phi) is 2.19. The highest BCUT2D eigenvalue weighted by atomic mass is 19.1.